The number of carboxylic acids is 1. The minimum absolute atomic E-state index is 0.220. The van der Waals surface area contributed by atoms with Gasteiger partial charge < -0.3 is 14.6 Å². The maximum Gasteiger partial charge on any atom is 0.303 e. The van der Waals surface area contributed by atoms with Crippen molar-refractivity contribution in [1.29, 1.82) is 0 Å². The van der Waals surface area contributed by atoms with Crippen LogP contribution in [-0.2, 0) is 19.1 Å². The molecule has 0 saturated carbocycles. The third-order valence-corrected chi connectivity index (χ3v) is 2.55. The van der Waals surface area contributed by atoms with Crippen molar-refractivity contribution >= 4 is 11.9 Å². The molecule has 1 heterocycles. The van der Waals surface area contributed by atoms with E-state index in [0.717, 1.165) is 12.8 Å². The minimum Gasteiger partial charge on any atom is -0.481 e. The molecular weight excluding hydrogens is 224 g/mol. The number of carboxylic acid groups (broad SMARTS) is 1. The fourth-order valence-electron chi connectivity index (χ4n) is 1.96. The average Bonchev–Trinajstić information content (AvgIpc) is 2.15. The van der Waals surface area contributed by atoms with Gasteiger partial charge in [-0.15, -0.1) is 0 Å². The van der Waals surface area contributed by atoms with Gasteiger partial charge in [0, 0.05) is 13.3 Å². The molecule has 1 rings (SSSR count). The van der Waals surface area contributed by atoms with Gasteiger partial charge in [0.25, 0.3) is 0 Å². The molecule has 1 N–H and O–H groups in total. The van der Waals surface area contributed by atoms with Gasteiger partial charge in [-0.3, -0.25) is 9.59 Å². The highest BCUT2D eigenvalue weighted by Gasteiger charge is 2.25. The second-order valence-electron chi connectivity index (χ2n) is 4.39. The molecule has 0 bridgehead atoms. The van der Waals surface area contributed by atoms with Crippen LogP contribution in [-0.4, -0.2) is 36.4 Å². The first kappa shape index (κ1) is 15.9. The van der Waals surface area contributed by atoms with Crippen molar-refractivity contribution in [2.45, 2.75) is 52.2 Å². The monoisotopic (exact) mass is 246 g/mol. The summed E-state index contributed by atoms with van der Waals surface area (Å²) in [5.41, 5.74) is 0. The van der Waals surface area contributed by atoms with E-state index in [4.69, 9.17) is 9.84 Å². The van der Waals surface area contributed by atoms with Gasteiger partial charge in [0.1, 0.15) is 0 Å². The van der Waals surface area contributed by atoms with Crippen molar-refractivity contribution in [2.75, 3.05) is 7.11 Å². The first-order valence-corrected chi connectivity index (χ1v) is 5.77. The molecule has 2 atom stereocenters. The Labute approximate surface area is 102 Å². The van der Waals surface area contributed by atoms with Crippen LogP contribution in [0.4, 0.5) is 0 Å². The smallest absolute Gasteiger partial charge is 0.303 e. The van der Waals surface area contributed by atoms with Crippen LogP contribution >= 0.6 is 0 Å². The molecule has 5 nitrogen and oxygen atoms in total. The molecule has 0 aromatic carbocycles. The highest BCUT2D eigenvalue weighted by Crippen LogP contribution is 2.26. The highest BCUT2D eigenvalue weighted by atomic mass is 16.5. The van der Waals surface area contributed by atoms with E-state index in [1.165, 1.54) is 14.0 Å². The number of esters is 1. The summed E-state index contributed by atoms with van der Waals surface area (Å²) in [6, 6.07) is 0. The Morgan fingerprint density at radius 3 is 2.00 bits per heavy atom. The molecule has 0 aromatic heterocycles. The van der Waals surface area contributed by atoms with Crippen LogP contribution in [0.5, 0.6) is 0 Å². The van der Waals surface area contributed by atoms with Gasteiger partial charge in [0.15, 0.2) is 0 Å². The Morgan fingerprint density at radius 2 is 1.71 bits per heavy atom. The third-order valence-electron chi connectivity index (χ3n) is 2.55. The van der Waals surface area contributed by atoms with Crippen LogP contribution in [0.2, 0.25) is 0 Å². The molecule has 1 fully saturated rings. The highest BCUT2D eigenvalue weighted by molar-refractivity contribution is 5.67. The van der Waals surface area contributed by atoms with Gasteiger partial charge in [-0.1, -0.05) is 0 Å². The first-order valence-electron chi connectivity index (χ1n) is 5.77. The van der Waals surface area contributed by atoms with Crippen LogP contribution in [0.1, 0.15) is 40.0 Å². The lowest BCUT2D eigenvalue weighted by Gasteiger charge is -2.31. The summed E-state index contributed by atoms with van der Waals surface area (Å²) in [6.45, 7) is 5.37. The Morgan fingerprint density at radius 1 is 1.29 bits per heavy atom. The number of carbonyl (C=O) groups excluding carboxylic acids is 1. The lowest BCUT2D eigenvalue weighted by atomic mass is 9.90. The number of methoxy groups -OCH3 is 1. The Bertz CT molecular complexity index is 241. The van der Waals surface area contributed by atoms with Gasteiger partial charge in [0.2, 0.25) is 0 Å². The molecule has 0 amide bonds. The SMILES string of the molecule is CC1CC(CC(=O)O)CC(C)O1.COC(C)=O. The normalized spacial score (nSPS) is 27.6. The van der Waals surface area contributed by atoms with E-state index in [2.05, 4.69) is 4.74 Å². The molecule has 0 aromatic rings. The maximum atomic E-state index is 10.4. The van der Waals surface area contributed by atoms with Gasteiger partial charge in [0.05, 0.1) is 19.3 Å². The zero-order valence-electron chi connectivity index (χ0n) is 10.9. The van der Waals surface area contributed by atoms with E-state index < -0.39 is 5.97 Å². The largest absolute Gasteiger partial charge is 0.481 e. The first-order chi connectivity index (χ1) is 7.85. The zero-order valence-corrected chi connectivity index (χ0v) is 10.9. The van der Waals surface area contributed by atoms with E-state index in [1.54, 1.807) is 0 Å². The fraction of sp³-hybridized carbons (Fsp3) is 0.833. The summed E-state index contributed by atoms with van der Waals surface area (Å²) < 4.78 is 9.62. The van der Waals surface area contributed by atoms with Gasteiger partial charge in [-0.05, 0) is 32.6 Å². The van der Waals surface area contributed by atoms with Crippen LogP contribution < -0.4 is 0 Å². The van der Waals surface area contributed by atoms with Crippen LogP contribution in [0.15, 0.2) is 0 Å². The van der Waals surface area contributed by atoms with Gasteiger partial charge >= 0.3 is 11.9 Å². The summed E-state index contributed by atoms with van der Waals surface area (Å²) in [5, 5.41) is 8.60. The number of rotatable bonds is 2. The van der Waals surface area contributed by atoms with Crippen molar-refractivity contribution in [2.24, 2.45) is 5.92 Å². The van der Waals surface area contributed by atoms with Gasteiger partial charge in [-0.2, -0.15) is 0 Å². The van der Waals surface area contributed by atoms with Crippen LogP contribution in [0.25, 0.3) is 0 Å². The number of ether oxygens (including phenoxy) is 2. The molecule has 0 radical (unpaired) electrons. The molecule has 5 heteroatoms. The van der Waals surface area contributed by atoms with Crippen LogP contribution in [0, 0.1) is 5.92 Å². The van der Waals surface area contributed by atoms with Crippen molar-refractivity contribution < 1.29 is 24.2 Å². The van der Waals surface area contributed by atoms with Crippen molar-refractivity contribution in [3.8, 4) is 0 Å². The molecule has 0 spiro atoms. The molecule has 1 aliphatic rings. The van der Waals surface area contributed by atoms with Crippen molar-refractivity contribution in [3.63, 3.8) is 0 Å². The molecule has 2 unspecified atom stereocenters. The molecule has 100 valence electrons. The fourth-order valence-corrected chi connectivity index (χ4v) is 1.96. The van der Waals surface area contributed by atoms with Gasteiger partial charge in [-0.25, -0.2) is 0 Å². The van der Waals surface area contributed by atoms with E-state index in [-0.39, 0.29) is 24.6 Å². The number of hydrogen-bond acceptors (Lipinski definition) is 4. The Kier molecular flexibility index (Phi) is 7.54. The van der Waals surface area contributed by atoms with Crippen LogP contribution in [0.3, 0.4) is 0 Å². The Balaban J connectivity index is 0.000000437. The quantitative estimate of drug-likeness (QED) is 0.753. The number of aliphatic carboxylic acids is 1. The molecule has 0 aliphatic carbocycles. The topological polar surface area (TPSA) is 72.8 Å². The summed E-state index contributed by atoms with van der Waals surface area (Å²) in [5.74, 6) is -0.632. The molecular formula is C12H22O5. The standard InChI is InChI=1S/C9H16O3.C3H6O2/c1-6-3-8(5-9(10)11)4-7(2)12-6;1-3(4)5-2/h6-8H,3-5H2,1-2H3,(H,10,11);1-2H3. The van der Waals surface area contributed by atoms with Crippen molar-refractivity contribution in [1.82, 2.24) is 0 Å². The van der Waals surface area contributed by atoms with E-state index in [1.807, 2.05) is 13.8 Å². The third kappa shape index (κ3) is 8.68. The average molecular weight is 246 g/mol. The summed E-state index contributed by atoms with van der Waals surface area (Å²) in [7, 11) is 1.35. The maximum absolute atomic E-state index is 10.4. The predicted octanol–water partition coefficient (Wildman–Crippen LogP) is 1.84. The second kappa shape index (κ2) is 8.06. The number of hydrogen-bond donors (Lipinski definition) is 1. The van der Waals surface area contributed by atoms with Crippen molar-refractivity contribution in [3.05, 3.63) is 0 Å². The summed E-state index contributed by atoms with van der Waals surface area (Å²) in [4.78, 5) is 20.0. The summed E-state index contributed by atoms with van der Waals surface area (Å²) >= 11 is 0. The summed E-state index contributed by atoms with van der Waals surface area (Å²) in [6.07, 6.45) is 2.50. The Hall–Kier alpha value is -1.10. The lowest BCUT2D eigenvalue weighted by Crippen LogP contribution is -2.30. The van der Waals surface area contributed by atoms with E-state index in [0.29, 0.717) is 5.92 Å². The molecule has 1 saturated heterocycles. The molecule has 1 aliphatic heterocycles. The number of carbonyl (C=O) groups is 2. The van der Waals surface area contributed by atoms with E-state index >= 15 is 0 Å². The lowest BCUT2D eigenvalue weighted by molar-refractivity contribution is -0.140. The van der Waals surface area contributed by atoms with E-state index in [9.17, 15) is 9.59 Å². The minimum atomic E-state index is -0.693. The zero-order chi connectivity index (χ0) is 13.4. The second-order valence-corrected chi connectivity index (χ2v) is 4.39. The predicted molar refractivity (Wildman–Crippen MR) is 62.7 cm³/mol. The molecule has 17 heavy (non-hydrogen) atoms.